The molecule has 3 rings (SSSR count). The molecule has 186 valence electrons. The van der Waals surface area contributed by atoms with E-state index in [1.807, 2.05) is 30.3 Å². The maximum atomic E-state index is 6.09. The first-order valence-electron chi connectivity index (χ1n) is 12.5. The van der Waals surface area contributed by atoms with Crippen molar-refractivity contribution in [2.24, 2.45) is 5.73 Å². The van der Waals surface area contributed by atoms with E-state index in [1.54, 1.807) is 0 Å². The smallest absolute Gasteiger partial charge is 0.119 e. The van der Waals surface area contributed by atoms with E-state index >= 15 is 0 Å². The SMILES string of the molecule is C=Cc1ccc(OCCCCOc2cc(C)c(N(CCN)c3cc(C)c(C)c(C)c3)c(C)c2)cc1. The fourth-order valence-electron chi connectivity index (χ4n) is 4.38. The molecule has 0 bridgehead atoms. The highest BCUT2D eigenvalue weighted by atomic mass is 16.5. The molecule has 0 aliphatic heterocycles. The Bertz CT molecular complexity index is 1090. The fraction of sp³-hybridized carbons (Fsp3) is 0.355. The van der Waals surface area contributed by atoms with Crippen molar-refractivity contribution in [3.63, 3.8) is 0 Å². The van der Waals surface area contributed by atoms with Gasteiger partial charge in [-0.15, -0.1) is 0 Å². The topological polar surface area (TPSA) is 47.7 Å². The van der Waals surface area contributed by atoms with Gasteiger partial charge in [-0.2, -0.15) is 0 Å². The molecule has 3 aromatic carbocycles. The summed E-state index contributed by atoms with van der Waals surface area (Å²) in [5.74, 6) is 1.80. The lowest BCUT2D eigenvalue weighted by Gasteiger charge is -2.29. The summed E-state index contributed by atoms with van der Waals surface area (Å²) >= 11 is 0. The number of hydrogen-bond donors (Lipinski definition) is 1. The normalized spacial score (nSPS) is 10.8. The number of rotatable bonds is 12. The van der Waals surface area contributed by atoms with Gasteiger partial charge in [0.15, 0.2) is 0 Å². The molecule has 0 spiro atoms. The van der Waals surface area contributed by atoms with Crippen molar-refractivity contribution < 1.29 is 9.47 Å². The molecule has 0 aliphatic rings. The lowest BCUT2D eigenvalue weighted by Crippen LogP contribution is -2.26. The van der Waals surface area contributed by atoms with Gasteiger partial charge in [-0.3, -0.25) is 0 Å². The van der Waals surface area contributed by atoms with Crippen molar-refractivity contribution in [2.75, 3.05) is 31.2 Å². The van der Waals surface area contributed by atoms with Crippen LogP contribution in [0.25, 0.3) is 6.08 Å². The Labute approximate surface area is 211 Å². The summed E-state index contributed by atoms with van der Waals surface area (Å²) in [5.41, 5.74) is 15.8. The summed E-state index contributed by atoms with van der Waals surface area (Å²) in [5, 5.41) is 0. The largest absolute Gasteiger partial charge is 0.494 e. The number of nitrogens with zero attached hydrogens (tertiary/aromatic N) is 1. The fourth-order valence-corrected chi connectivity index (χ4v) is 4.38. The molecular formula is C31H40N2O2. The van der Waals surface area contributed by atoms with Gasteiger partial charge in [0.05, 0.1) is 13.2 Å². The molecule has 0 radical (unpaired) electrons. The molecule has 3 aromatic rings. The molecule has 0 unspecified atom stereocenters. The monoisotopic (exact) mass is 472 g/mol. The summed E-state index contributed by atoms with van der Waals surface area (Å²) < 4.78 is 11.9. The molecule has 2 N–H and O–H groups in total. The maximum Gasteiger partial charge on any atom is 0.119 e. The quantitative estimate of drug-likeness (QED) is 0.283. The van der Waals surface area contributed by atoms with E-state index in [0.717, 1.165) is 36.4 Å². The molecule has 0 amide bonds. The van der Waals surface area contributed by atoms with Gasteiger partial charge in [0.25, 0.3) is 0 Å². The lowest BCUT2D eigenvalue weighted by molar-refractivity contribution is 0.266. The highest BCUT2D eigenvalue weighted by Crippen LogP contribution is 2.35. The Morgan fingerprint density at radius 2 is 1.31 bits per heavy atom. The van der Waals surface area contributed by atoms with Gasteiger partial charge in [-0.05, 0) is 117 Å². The maximum absolute atomic E-state index is 6.09. The number of benzene rings is 3. The highest BCUT2D eigenvalue weighted by Gasteiger charge is 2.17. The average Bonchev–Trinajstić information content (AvgIpc) is 2.83. The third-order valence-electron chi connectivity index (χ3n) is 6.50. The zero-order chi connectivity index (χ0) is 25.4. The van der Waals surface area contributed by atoms with Crippen LogP contribution in [0, 0.1) is 34.6 Å². The van der Waals surface area contributed by atoms with Crippen LogP contribution in [0.2, 0.25) is 0 Å². The second-order valence-corrected chi connectivity index (χ2v) is 9.23. The number of ether oxygens (including phenoxy) is 2. The van der Waals surface area contributed by atoms with Crippen molar-refractivity contribution in [3.05, 3.63) is 88.5 Å². The Hall–Kier alpha value is -3.24. The van der Waals surface area contributed by atoms with Gasteiger partial charge in [-0.25, -0.2) is 0 Å². The summed E-state index contributed by atoms with van der Waals surface area (Å²) in [6.45, 7) is 17.3. The molecule has 0 fully saturated rings. The zero-order valence-electron chi connectivity index (χ0n) is 22.0. The minimum Gasteiger partial charge on any atom is -0.494 e. The molecule has 0 aromatic heterocycles. The summed E-state index contributed by atoms with van der Waals surface area (Å²) in [7, 11) is 0. The second-order valence-electron chi connectivity index (χ2n) is 9.23. The van der Waals surface area contributed by atoms with E-state index in [1.165, 1.54) is 39.2 Å². The Balaban J connectivity index is 1.60. The van der Waals surface area contributed by atoms with Gasteiger partial charge in [0.2, 0.25) is 0 Å². The number of hydrogen-bond acceptors (Lipinski definition) is 4. The lowest BCUT2D eigenvalue weighted by atomic mass is 10.0. The van der Waals surface area contributed by atoms with E-state index in [9.17, 15) is 0 Å². The number of aryl methyl sites for hydroxylation is 4. The predicted molar refractivity (Wildman–Crippen MR) is 149 cm³/mol. The molecule has 0 aliphatic carbocycles. The van der Waals surface area contributed by atoms with Crippen LogP contribution in [0.5, 0.6) is 11.5 Å². The molecule has 0 heterocycles. The van der Waals surface area contributed by atoms with Crippen LogP contribution in [0.1, 0.15) is 46.2 Å². The van der Waals surface area contributed by atoms with Gasteiger partial charge in [-0.1, -0.05) is 24.8 Å². The second kappa shape index (κ2) is 12.5. The number of unbranched alkanes of at least 4 members (excludes halogenated alkanes) is 1. The van der Waals surface area contributed by atoms with Crippen LogP contribution in [0.3, 0.4) is 0 Å². The summed E-state index contributed by atoms with van der Waals surface area (Å²) in [6, 6.07) is 16.8. The van der Waals surface area contributed by atoms with Crippen molar-refractivity contribution in [1.82, 2.24) is 0 Å². The first kappa shape index (κ1) is 26.4. The van der Waals surface area contributed by atoms with E-state index in [-0.39, 0.29) is 0 Å². The number of anilines is 2. The predicted octanol–water partition coefficient (Wildman–Crippen LogP) is 7.21. The van der Waals surface area contributed by atoms with Crippen LogP contribution in [0.15, 0.2) is 55.1 Å². The molecule has 35 heavy (non-hydrogen) atoms. The number of nitrogens with two attached hydrogens (primary N) is 1. The Morgan fingerprint density at radius 3 is 1.83 bits per heavy atom. The Kier molecular flexibility index (Phi) is 9.39. The third-order valence-corrected chi connectivity index (χ3v) is 6.50. The molecule has 0 atom stereocenters. The van der Waals surface area contributed by atoms with Crippen molar-refractivity contribution in [2.45, 2.75) is 47.5 Å². The van der Waals surface area contributed by atoms with Crippen molar-refractivity contribution >= 4 is 17.5 Å². The van der Waals surface area contributed by atoms with Gasteiger partial charge >= 0.3 is 0 Å². The Morgan fingerprint density at radius 1 is 0.771 bits per heavy atom. The van der Waals surface area contributed by atoms with Crippen LogP contribution in [-0.4, -0.2) is 26.3 Å². The van der Waals surface area contributed by atoms with Crippen molar-refractivity contribution in [1.29, 1.82) is 0 Å². The first-order valence-corrected chi connectivity index (χ1v) is 12.5. The first-order chi connectivity index (χ1) is 16.8. The molecule has 4 heteroatoms. The van der Waals surface area contributed by atoms with Gasteiger partial charge < -0.3 is 20.1 Å². The standard InChI is InChI=1S/C31H40N2O2/c1-7-27-10-12-29(13-11-27)34-16-8-9-17-35-30-20-24(4)31(25(5)21-30)33(15-14-32)28-18-22(2)26(6)23(3)19-28/h7,10-13,18-21H,1,8-9,14-17,32H2,2-6H3. The third kappa shape index (κ3) is 6.89. The van der Waals surface area contributed by atoms with Crippen LogP contribution < -0.4 is 20.1 Å². The molecular weight excluding hydrogens is 432 g/mol. The van der Waals surface area contributed by atoms with Crippen LogP contribution in [-0.2, 0) is 0 Å². The molecule has 4 nitrogen and oxygen atoms in total. The van der Waals surface area contributed by atoms with Crippen molar-refractivity contribution in [3.8, 4) is 11.5 Å². The van der Waals surface area contributed by atoms with E-state index in [4.69, 9.17) is 15.2 Å². The average molecular weight is 473 g/mol. The van der Waals surface area contributed by atoms with E-state index in [0.29, 0.717) is 19.8 Å². The highest BCUT2D eigenvalue weighted by molar-refractivity contribution is 5.72. The minimum atomic E-state index is 0.587. The molecule has 0 saturated heterocycles. The van der Waals surface area contributed by atoms with Gasteiger partial charge in [0, 0.05) is 24.5 Å². The van der Waals surface area contributed by atoms with E-state index in [2.05, 4.69) is 70.4 Å². The van der Waals surface area contributed by atoms with E-state index < -0.39 is 0 Å². The molecule has 0 saturated carbocycles. The summed E-state index contributed by atoms with van der Waals surface area (Å²) in [6.07, 6.45) is 3.71. The van der Waals surface area contributed by atoms with Crippen LogP contribution in [0.4, 0.5) is 11.4 Å². The van der Waals surface area contributed by atoms with Crippen LogP contribution >= 0.6 is 0 Å². The zero-order valence-corrected chi connectivity index (χ0v) is 22.0. The van der Waals surface area contributed by atoms with Gasteiger partial charge in [0.1, 0.15) is 11.5 Å². The minimum absolute atomic E-state index is 0.587. The summed E-state index contributed by atoms with van der Waals surface area (Å²) in [4.78, 5) is 2.34.